The maximum Gasteiger partial charge on any atom is 0.224 e. The van der Waals surface area contributed by atoms with Crippen molar-refractivity contribution < 1.29 is 9.53 Å². The van der Waals surface area contributed by atoms with Crippen molar-refractivity contribution in [3.05, 3.63) is 28.8 Å². The van der Waals surface area contributed by atoms with Gasteiger partial charge >= 0.3 is 0 Å². The van der Waals surface area contributed by atoms with Crippen LogP contribution in [0.5, 0.6) is 5.75 Å². The predicted octanol–water partition coefficient (Wildman–Crippen LogP) is 2.43. The van der Waals surface area contributed by atoms with Gasteiger partial charge in [-0.25, -0.2) is 0 Å². The van der Waals surface area contributed by atoms with Crippen molar-refractivity contribution in [3.63, 3.8) is 0 Å². The summed E-state index contributed by atoms with van der Waals surface area (Å²) in [5.41, 5.74) is 1.99. The van der Waals surface area contributed by atoms with Gasteiger partial charge in [0, 0.05) is 18.7 Å². The highest BCUT2D eigenvalue weighted by Crippen LogP contribution is 2.27. The highest BCUT2D eigenvalue weighted by atomic mass is 32.1. The lowest BCUT2D eigenvalue weighted by molar-refractivity contribution is -0.116. The Kier molecular flexibility index (Phi) is 4.01. The summed E-state index contributed by atoms with van der Waals surface area (Å²) in [4.78, 5) is 11.3. The van der Waals surface area contributed by atoms with Crippen molar-refractivity contribution in [3.8, 4) is 5.75 Å². The van der Waals surface area contributed by atoms with Crippen LogP contribution in [0.15, 0.2) is 18.2 Å². The second-order valence-electron chi connectivity index (χ2n) is 4.69. The van der Waals surface area contributed by atoms with E-state index in [1.807, 2.05) is 25.1 Å². The number of carbonyl (C=O) groups is 1. The number of aryl methyl sites for hydroxylation is 1. The molecule has 0 spiro atoms. The van der Waals surface area contributed by atoms with E-state index in [-0.39, 0.29) is 5.91 Å². The van der Waals surface area contributed by atoms with Crippen molar-refractivity contribution in [2.75, 3.05) is 17.2 Å². The molecule has 0 radical (unpaired) electrons. The maximum absolute atomic E-state index is 11.3. The Balaban J connectivity index is 1.63. The fourth-order valence-corrected chi connectivity index (χ4v) is 2.85. The Labute approximate surface area is 126 Å². The number of nitrogens with one attached hydrogen (secondary N) is 2. The van der Waals surface area contributed by atoms with Crippen molar-refractivity contribution in [1.82, 2.24) is 10.2 Å². The maximum atomic E-state index is 11.3. The van der Waals surface area contributed by atoms with E-state index in [2.05, 4.69) is 20.8 Å². The molecule has 1 aliphatic rings. The quantitative estimate of drug-likeness (QED) is 0.887. The molecule has 2 aromatic rings. The lowest BCUT2D eigenvalue weighted by atomic mass is 10.0. The minimum Gasteiger partial charge on any atom is -0.486 e. The van der Waals surface area contributed by atoms with Crippen molar-refractivity contribution >= 4 is 28.1 Å². The number of anilines is 2. The van der Waals surface area contributed by atoms with Gasteiger partial charge < -0.3 is 15.4 Å². The van der Waals surface area contributed by atoms with Gasteiger partial charge in [-0.05, 0) is 37.1 Å². The van der Waals surface area contributed by atoms with E-state index in [9.17, 15) is 4.79 Å². The zero-order valence-electron chi connectivity index (χ0n) is 11.7. The number of nitrogens with zero attached hydrogens (tertiary/aromatic N) is 2. The molecule has 0 unspecified atom stereocenters. The van der Waals surface area contributed by atoms with Gasteiger partial charge in [0.05, 0.1) is 0 Å². The standard InChI is InChI=1S/C14H16N4O2S/c1-2-15-14-18-17-13(21-14)8-20-10-4-5-11-9(7-10)3-6-12(19)16-11/h4-5,7H,2-3,6,8H2,1H3,(H,15,18)(H,16,19). The summed E-state index contributed by atoms with van der Waals surface area (Å²) < 4.78 is 5.74. The van der Waals surface area contributed by atoms with Crippen LogP contribution in [0, 0.1) is 0 Å². The van der Waals surface area contributed by atoms with Crippen LogP contribution in [-0.4, -0.2) is 22.6 Å². The van der Waals surface area contributed by atoms with Gasteiger partial charge in [0.1, 0.15) is 12.4 Å². The molecule has 1 amide bonds. The Morgan fingerprint density at radius 2 is 2.29 bits per heavy atom. The molecule has 0 aliphatic carbocycles. The summed E-state index contributed by atoms with van der Waals surface area (Å²) in [5.74, 6) is 0.853. The van der Waals surface area contributed by atoms with Crippen LogP contribution in [0.2, 0.25) is 0 Å². The molecule has 0 fully saturated rings. The number of hydrogen-bond acceptors (Lipinski definition) is 6. The molecule has 110 valence electrons. The number of hydrogen-bond donors (Lipinski definition) is 2. The molecule has 1 aromatic heterocycles. The van der Waals surface area contributed by atoms with Gasteiger partial charge in [-0.1, -0.05) is 11.3 Å². The highest BCUT2D eigenvalue weighted by Gasteiger charge is 2.15. The van der Waals surface area contributed by atoms with Crippen molar-refractivity contribution in [2.24, 2.45) is 0 Å². The second kappa shape index (κ2) is 6.09. The lowest BCUT2D eigenvalue weighted by Crippen LogP contribution is -2.18. The predicted molar refractivity (Wildman–Crippen MR) is 81.8 cm³/mol. The average Bonchev–Trinajstić information content (AvgIpc) is 2.93. The SMILES string of the molecule is CCNc1nnc(COc2ccc3c(c2)CCC(=O)N3)s1. The van der Waals surface area contributed by atoms with E-state index < -0.39 is 0 Å². The van der Waals surface area contributed by atoms with Crippen LogP contribution < -0.4 is 15.4 Å². The normalized spacial score (nSPS) is 13.5. The summed E-state index contributed by atoms with van der Waals surface area (Å²) in [7, 11) is 0. The topological polar surface area (TPSA) is 76.1 Å². The molecule has 1 aromatic carbocycles. The smallest absolute Gasteiger partial charge is 0.224 e. The molecule has 21 heavy (non-hydrogen) atoms. The first-order valence-corrected chi connectivity index (χ1v) is 7.68. The molecule has 3 rings (SSSR count). The van der Waals surface area contributed by atoms with Crippen LogP contribution in [0.3, 0.4) is 0 Å². The first kappa shape index (κ1) is 13.8. The molecule has 1 aliphatic heterocycles. The first-order chi connectivity index (χ1) is 10.2. The minimum absolute atomic E-state index is 0.0704. The van der Waals surface area contributed by atoms with Gasteiger partial charge in [-0.15, -0.1) is 10.2 Å². The Bertz CT molecular complexity index is 656. The number of ether oxygens (including phenoxy) is 1. The van der Waals surface area contributed by atoms with E-state index in [0.717, 1.165) is 40.1 Å². The van der Waals surface area contributed by atoms with E-state index in [1.54, 1.807) is 0 Å². The van der Waals surface area contributed by atoms with Crippen LogP contribution in [0.4, 0.5) is 10.8 Å². The van der Waals surface area contributed by atoms with E-state index in [1.165, 1.54) is 11.3 Å². The highest BCUT2D eigenvalue weighted by molar-refractivity contribution is 7.15. The molecule has 0 saturated heterocycles. The number of amides is 1. The summed E-state index contributed by atoms with van der Waals surface area (Å²) in [6.07, 6.45) is 1.28. The Morgan fingerprint density at radius 3 is 3.14 bits per heavy atom. The van der Waals surface area contributed by atoms with Crippen LogP contribution in [0.25, 0.3) is 0 Å². The van der Waals surface area contributed by atoms with Crippen molar-refractivity contribution in [1.29, 1.82) is 0 Å². The molecule has 0 atom stereocenters. The zero-order chi connectivity index (χ0) is 14.7. The number of benzene rings is 1. The van der Waals surface area contributed by atoms with Gasteiger partial charge in [-0.3, -0.25) is 4.79 Å². The molecule has 6 nitrogen and oxygen atoms in total. The number of fused-ring (bicyclic) bond motifs is 1. The average molecular weight is 304 g/mol. The minimum atomic E-state index is 0.0704. The molecule has 2 heterocycles. The molecular weight excluding hydrogens is 288 g/mol. The monoisotopic (exact) mass is 304 g/mol. The molecule has 0 saturated carbocycles. The van der Waals surface area contributed by atoms with Crippen LogP contribution in [-0.2, 0) is 17.8 Å². The number of rotatable bonds is 5. The van der Waals surface area contributed by atoms with E-state index >= 15 is 0 Å². The van der Waals surface area contributed by atoms with Gasteiger partial charge in [0.2, 0.25) is 11.0 Å². The Hall–Kier alpha value is -2.15. The molecular formula is C14H16N4O2S. The Morgan fingerprint density at radius 1 is 1.38 bits per heavy atom. The van der Waals surface area contributed by atoms with E-state index in [0.29, 0.717) is 13.0 Å². The zero-order valence-corrected chi connectivity index (χ0v) is 12.5. The summed E-state index contributed by atoms with van der Waals surface area (Å²) in [6, 6.07) is 5.71. The third kappa shape index (κ3) is 3.30. The number of carbonyl (C=O) groups excluding carboxylic acids is 1. The van der Waals surface area contributed by atoms with Crippen molar-refractivity contribution in [2.45, 2.75) is 26.4 Å². The second-order valence-corrected chi connectivity index (χ2v) is 5.75. The molecule has 0 bridgehead atoms. The van der Waals surface area contributed by atoms with Crippen LogP contribution in [0.1, 0.15) is 23.9 Å². The number of aromatic nitrogens is 2. The third-order valence-corrected chi connectivity index (χ3v) is 3.98. The summed E-state index contributed by atoms with van der Waals surface area (Å²) in [5, 5.41) is 15.7. The summed E-state index contributed by atoms with van der Waals surface area (Å²) >= 11 is 1.49. The van der Waals surface area contributed by atoms with Gasteiger partial charge in [0.25, 0.3) is 0 Å². The van der Waals surface area contributed by atoms with Crippen LogP contribution >= 0.6 is 11.3 Å². The fraction of sp³-hybridized carbons (Fsp3) is 0.357. The first-order valence-electron chi connectivity index (χ1n) is 6.86. The fourth-order valence-electron chi connectivity index (χ4n) is 2.13. The summed E-state index contributed by atoms with van der Waals surface area (Å²) in [6.45, 7) is 3.24. The lowest BCUT2D eigenvalue weighted by Gasteiger charge is -2.17. The molecule has 2 N–H and O–H groups in total. The van der Waals surface area contributed by atoms with Gasteiger partial charge in [-0.2, -0.15) is 0 Å². The third-order valence-electron chi connectivity index (χ3n) is 3.13. The largest absolute Gasteiger partial charge is 0.486 e. The van der Waals surface area contributed by atoms with Gasteiger partial charge in [0.15, 0.2) is 5.01 Å². The van der Waals surface area contributed by atoms with E-state index in [4.69, 9.17) is 4.74 Å². The molecule has 7 heteroatoms.